The van der Waals surface area contributed by atoms with Crippen molar-refractivity contribution < 1.29 is 19.7 Å². The van der Waals surface area contributed by atoms with Gasteiger partial charge in [-0.25, -0.2) is 0 Å². The smallest absolute Gasteiger partial charge is 0.315 e. The third kappa shape index (κ3) is 4.56. The number of rotatable bonds is 8. The molecule has 0 atom stereocenters. The van der Waals surface area contributed by atoms with Crippen LogP contribution in [-0.2, 0) is 9.53 Å². The molecule has 0 saturated carbocycles. The van der Waals surface area contributed by atoms with Gasteiger partial charge in [-0.05, 0) is 35.4 Å². The van der Waals surface area contributed by atoms with Gasteiger partial charge in [-0.2, -0.15) is 0 Å². The Kier molecular flexibility index (Phi) is 6.91. The molecule has 3 rings (SSSR count). The summed E-state index contributed by atoms with van der Waals surface area (Å²) in [6.07, 6.45) is 0. The molecule has 0 aliphatic heterocycles. The average Bonchev–Trinajstić information content (AvgIpc) is 2.74. The minimum Gasteiger partial charge on any atom is -0.506 e. The standard InChI is InChI=1S/C23H25IN2O4/c1-25(2)17-8-4-15(5-9-17)20-22(28)21(23(20)29)16-6-10-18(11-7-16)26(3)12-13-30-19(27)14-24/h4-11,28-29H,12-14H2,1-3H3. The Morgan fingerprint density at radius 3 is 1.77 bits per heavy atom. The number of anilines is 2. The predicted molar refractivity (Wildman–Crippen MR) is 129 cm³/mol. The topological polar surface area (TPSA) is 73.2 Å². The first-order valence-electron chi connectivity index (χ1n) is 9.51. The van der Waals surface area contributed by atoms with Crippen molar-refractivity contribution in [2.45, 2.75) is 0 Å². The number of allylic oxidation sites excluding steroid dienone is 2. The maximum Gasteiger partial charge on any atom is 0.315 e. The first-order chi connectivity index (χ1) is 14.3. The van der Waals surface area contributed by atoms with Crippen molar-refractivity contribution in [3.8, 4) is 0 Å². The molecule has 7 heteroatoms. The van der Waals surface area contributed by atoms with Gasteiger partial charge >= 0.3 is 5.97 Å². The Morgan fingerprint density at radius 1 is 0.867 bits per heavy atom. The van der Waals surface area contributed by atoms with Crippen molar-refractivity contribution in [3.05, 3.63) is 71.2 Å². The number of ether oxygens (including phenoxy) is 1. The van der Waals surface area contributed by atoms with E-state index in [9.17, 15) is 15.0 Å². The summed E-state index contributed by atoms with van der Waals surface area (Å²) in [7, 11) is 5.84. The van der Waals surface area contributed by atoms with Crippen molar-refractivity contribution in [3.63, 3.8) is 0 Å². The number of carbonyl (C=O) groups excluding carboxylic acids is 1. The fraction of sp³-hybridized carbons (Fsp3) is 0.261. The predicted octanol–water partition coefficient (Wildman–Crippen LogP) is 4.42. The zero-order chi connectivity index (χ0) is 21.8. The van der Waals surface area contributed by atoms with Crippen LogP contribution in [0.4, 0.5) is 11.4 Å². The number of nitrogens with zero attached hydrogens (tertiary/aromatic N) is 2. The van der Waals surface area contributed by atoms with Crippen LogP contribution in [0.1, 0.15) is 11.1 Å². The van der Waals surface area contributed by atoms with Crippen molar-refractivity contribution in [2.75, 3.05) is 48.5 Å². The fourth-order valence-corrected chi connectivity index (χ4v) is 3.45. The SMILES string of the molecule is CN(C)c1ccc(C2=C(O)C(c3ccc(N(C)CCOC(=O)CI)cc3)=C2O)cc1. The number of hydrogen-bond acceptors (Lipinski definition) is 6. The van der Waals surface area contributed by atoms with E-state index in [1.165, 1.54) is 0 Å². The lowest BCUT2D eigenvalue weighted by Gasteiger charge is -2.25. The van der Waals surface area contributed by atoms with E-state index in [0.29, 0.717) is 28.7 Å². The Labute approximate surface area is 190 Å². The van der Waals surface area contributed by atoms with Crippen molar-refractivity contribution in [1.29, 1.82) is 0 Å². The Balaban J connectivity index is 1.69. The van der Waals surface area contributed by atoms with Gasteiger partial charge in [-0.1, -0.05) is 46.9 Å². The minimum atomic E-state index is -0.221. The molecule has 0 radical (unpaired) electrons. The number of aliphatic hydroxyl groups is 2. The van der Waals surface area contributed by atoms with E-state index < -0.39 is 0 Å². The molecule has 2 aromatic rings. The van der Waals surface area contributed by atoms with E-state index in [2.05, 4.69) is 0 Å². The maximum atomic E-state index is 11.2. The summed E-state index contributed by atoms with van der Waals surface area (Å²) in [6, 6.07) is 15.2. The van der Waals surface area contributed by atoms with Gasteiger partial charge in [0.05, 0.1) is 22.1 Å². The van der Waals surface area contributed by atoms with E-state index >= 15 is 0 Å². The molecule has 2 N–H and O–H groups in total. The largest absolute Gasteiger partial charge is 0.506 e. The first-order valence-corrected chi connectivity index (χ1v) is 11.0. The summed E-state index contributed by atoms with van der Waals surface area (Å²) in [4.78, 5) is 15.2. The maximum absolute atomic E-state index is 11.2. The molecule has 0 heterocycles. The van der Waals surface area contributed by atoms with Gasteiger partial charge in [0.25, 0.3) is 0 Å². The molecular weight excluding hydrogens is 495 g/mol. The molecule has 0 bridgehead atoms. The Morgan fingerprint density at radius 2 is 1.33 bits per heavy atom. The van der Waals surface area contributed by atoms with Gasteiger partial charge in [-0.3, -0.25) is 4.79 Å². The number of esters is 1. The van der Waals surface area contributed by atoms with Gasteiger partial charge < -0.3 is 24.7 Å². The lowest BCUT2D eigenvalue weighted by molar-refractivity contribution is -0.139. The van der Waals surface area contributed by atoms with Gasteiger partial charge in [0.15, 0.2) is 0 Å². The molecule has 6 nitrogen and oxygen atoms in total. The molecular formula is C23H25IN2O4. The molecule has 2 aromatic carbocycles. The van der Waals surface area contributed by atoms with Crippen LogP contribution < -0.4 is 9.80 Å². The normalized spacial score (nSPS) is 13.2. The summed E-state index contributed by atoms with van der Waals surface area (Å²) < 4.78 is 5.44. The van der Waals surface area contributed by atoms with E-state index in [1.807, 2.05) is 102 Å². The van der Waals surface area contributed by atoms with Crippen LogP contribution in [0.3, 0.4) is 0 Å². The molecule has 0 amide bonds. The number of alkyl halides is 1. The lowest BCUT2D eigenvalue weighted by atomic mass is 9.84. The van der Waals surface area contributed by atoms with Crippen LogP contribution >= 0.6 is 22.6 Å². The second kappa shape index (κ2) is 9.42. The molecule has 0 spiro atoms. The lowest BCUT2D eigenvalue weighted by Crippen LogP contribution is -2.24. The third-order valence-corrected chi connectivity index (χ3v) is 5.64. The molecule has 0 aromatic heterocycles. The number of benzene rings is 2. The number of hydrogen-bond donors (Lipinski definition) is 2. The van der Waals surface area contributed by atoms with Crippen LogP contribution in [0.25, 0.3) is 11.1 Å². The molecule has 0 fully saturated rings. The highest BCUT2D eigenvalue weighted by molar-refractivity contribution is 14.1. The fourth-order valence-electron chi connectivity index (χ4n) is 3.23. The van der Waals surface area contributed by atoms with E-state index in [4.69, 9.17) is 4.74 Å². The van der Waals surface area contributed by atoms with Crippen LogP contribution in [-0.4, -0.2) is 54.9 Å². The highest BCUT2D eigenvalue weighted by Gasteiger charge is 2.31. The minimum absolute atomic E-state index is 0.0944. The molecule has 0 saturated heterocycles. The van der Waals surface area contributed by atoms with Crippen molar-refractivity contribution in [2.24, 2.45) is 0 Å². The van der Waals surface area contributed by atoms with Crippen molar-refractivity contribution in [1.82, 2.24) is 0 Å². The number of aliphatic hydroxyl groups excluding tert-OH is 2. The quantitative estimate of drug-likeness (QED) is 0.305. The molecule has 1 aliphatic carbocycles. The average molecular weight is 520 g/mol. The number of carbonyl (C=O) groups is 1. The van der Waals surface area contributed by atoms with Crippen LogP contribution in [0, 0.1) is 0 Å². The molecule has 1 aliphatic rings. The monoisotopic (exact) mass is 520 g/mol. The van der Waals surface area contributed by atoms with Gasteiger partial charge in [0, 0.05) is 32.5 Å². The zero-order valence-corrected chi connectivity index (χ0v) is 19.4. The summed E-state index contributed by atoms with van der Waals surface area (Å²) in [5, 5.41) is 21.2. The Bertz CT molecular complexity index is 979. The number of likely N-dealkylation sites (N-methyl/N-ethyl adjacent to an activating group) is 1. The van der Waals surface area contributed by atoms with E-state index in [0.717, 1.165) is 22.5 Å². The summed E-state index contributed by atoms with van der Waals surface area (Å²) in [5.41, 5.74) is 4.43. The summed E-state index contributed by atoms with van der Waals surface area (Å²) in [5.74, 6) is -0.0324. The third-order valence-electron chi connectivity index (χ3n) is 5.02. The van der Waals surface area contributed by atoms with E-state index in [-0.39, 0.29) is 17.5 Å². The van der Waals surface area contributed by atoms with Gasteiger partial charge in [-0.15, -0.1) is 0 Å². The molecule has 0 unspecified atom stereocenters. The summed E-state index contributed by atoms with van der Waals surface area (Å²) >= 11 is 1.97. The number of halogens is 1. The highest BCUT2D eigenvalue weighted by atomic mass is 127. The second-order valence-electron chi connectivity index (χ2n) is 7.21. The zero-order valence-electron chi connectivity index (χ0n) is 17.2. The van der Waals surface area contributed by atoms with Crippen molar-refractivity contribution >= 4 is 51.1 Å². The first kappa shape index (κ1) is 22.0. The molecule has 158 valence electrons. The van der Waals surface area contributed by atoms with Gasteiger partial charge in [0.1, 0.15) is 18.1 Å². The summed E-state index contributed by atoms with van der Waals surface area (Å²) in [6.45, 7) is 0.902. The second-order valence-corrected chi connectivity index (χ2v) is 7.97. The van der Waals surface area contributed by atoms with Crippen LogP contribution in [0.15, 0.2) is 60.0 Å². The Hall–Kier alpha value is -2.68. The van der Waals surface area contributed by atoms with Crippen LogP contribution in [0.2, 0.25) is 0 Å². The molecule has 30 heavy (non-hydrogen) atoms. The van der Waals surface area contributed by atoms with Gasteiger partial charge in [0.2, 0.25) is 0 Å². The highest BCUT2D eigenvalue weighted by Crippen LogP contribution is 2.44. The van der Waals surface area contributed by atoms with E-state index in [1.54, 1.807) is 0 Å². The van der Waals surface area contributed by atoms with Crippen LogP contribution in [0.5, 0.6) is 0 Å².